The number of ether oxygens (including phenoxy) is 1. The van der Waals surface area contributed by atoms with E-state index in [-0.39, 0.29) is 12.3 Å². The van der Waals surface area contributed by atoms with Crippen LogP contribution in [0.25, 0.3) is 5.53 Å². The Morgan fingerprint density at radius 3 is 2.37 bits per heavy atom. The van der Waals surface area contributed by atoms with Gasteiger partial charge in [-0.1, -0.05) is 33.4 Å². The van der Waals surface area contributed by atoms with Gasteiger partial charge in [0.25, 0.3) is 0 Å². The molecule has 0 amide bonds. The summed E-state index contributed by atoms with van der Waals surface area (Å²) in [5.41, 5.74) is 9.04. The third-order valence-electron chi connectivity index (χ3n) is 2.15. The third-order valence-corrected chi connectivity index (χ3v) is 2.83. The molecule has 0 unspecified atom stereocenters. The Morgan fingerprint density at radius 2 is 2.00 bits per heavy atom. The van der Waals surface area contributed by atoms with Crippen molar-refractivity contribution in [3.05, 3.63) is 30.0 Å². The second-order valence-electron chi connectivity index (χ2n) is 5.30. The van der Waals surface area contributed by atoms with E-state index in [9.17, 15) is 4.79 Å². The van der Waals surface area contributed by atoms with Gasteiger partial charge in [0, 0.05) is 0 Å². The van der Waals surface area contributed by atoms with E-state index in [2.05, 4.69) is 11.4 Å². The first-order valence-corrected chi connectivity index (χ1v) is 8.88. The maximum Gasteiger partial charge on any atom is 0.422 e. The van der Waals surface area contributed by atoms with Crippen molar-refractivity contribution in [2.24, 2.45) is 5.41 Å². The summed E-state index contributed by atoms with van der Waals surface area (Å²) in [7, 11) is -1.29. The van der Waals surface area contributed by atoms with Gasteiger partial charge in [0.15, 0.2) is 0 Å². The third kappa shape index (κ3) is 6.17. The molecular formula is C13H22N2O3Si. The van der Waals surface area contributed by atoms with E-state index in [1.165, 1.54) is 12.3 Å². The zero-order valence-corrected chi connectivity index (χ0v) is 13.4. The lowest BCUT2D eigenvalue weighted by Gasteiger charge is -2.19. The second kappa shape index (κ2) is 7.71. The largest absolute Gasteiger partial charge is 0.552 e. The van der Waals surface area contributed by atoms with Crippen LogP contribution in [-0.2, 0) is 14.0 Å². The van der Waals surface area contributed by atoms with Crippen LogP contribution in [0.2, 0.25) is 13.1 Å². The van der Waals surface area contributed by atoms with Crippen LogP contribution in [0.4, 0.5) is 0 Å². The average molecular weight is 282 g/mol. The minimum Gasteiger partial charge on any atom is -0.552 e. The molecule has 6 heteroatoms. The summed E-state index contributed by atoms with van der Waals surface area (Å²) in [5, 5.41) is 0. The van der Waals surface area contributed by atoms with Gasteiger partial charge in [-0.3, -0.25) is 0 Å². The highest BCUT2D eigenvalue weighted by Gasteiger charge is 2.35. The molecule has 5 nitrogen and oxygen atoms in total. The van der Waals surface area contributed by atoms with Gasteiger partial charge in [-0.25, -0.2) is 4.79 Å². The summed E-state index contributed by atoms with van der Waals surface area (Å²) in [4.78, 5) is 14.9. The summed E-state index contributed by atoms with van der Waals surface area (Å²) in [6, 6.07) is 0. The molecule has 0 heterocycles. The maximum atomic E-state index is 11.8. The van der Waals surface area contributed by atoms with Crippen LogP contribution in [0.15, 0.2) is 24.5 Å². The van der Waals surface area contributed by atoms with Crippen molar-refractivity contribution in [1.29, 1.82) is 0 Å². The summed E-state index contributed by atoms with van der Waals surface area (Å²) in [6.07, 6.45) is 2.95. The Bertz CT molecular complexity index is 416. The van der Waals surface area contributed by atoms with Crippen LogP contribution >= 0.6 is 0 Å². The van der Waals surface area contributed by atoms with Crippen LogP contribution in [0.3, 0.4) is 0 Å². The van der Waals surface area contributed by atoms with E-state index in [0.717, 1.165) is 0 Å². The van der Waals surface area contributed by atoms with Crippen molar-refractivity contribution < 1.29 is 18.7 Å². The topological polar surface area (TPSA) is 71.9 Å². The zero-order valence-electron chi connectivity index (χ0n) is 12.3. The molecule has 19 heavy (non-hydrogen) atoms. The van der Waals surface area contributed by atoms with Gasteiger partial charge < -0.3 is 14.7 Å². The van der Waals surface area contributed by atoms with Gasteiger partial charge in [0.1, 0.15) is 6.61 Å². The highest BCUT2D eigenvalue weighted by Crippen LogP contribution is 2.26. The minimum absolute atomic E-state index is 0.0645. The Labute approximate surface area is 116 Å². The number of carbonyl (C=O) groups is 1. The van der Waals surface area contributed by atoms with Crippen molar-refractivity contribution in [3.63, 3.8) is 0 Å². The lowest BCUT2D eigenvalue weighted by molar-refractivity contribution is -0.139. The summed E-state index contributed by atoms with van der Waals surface area (Å²) < 4.78 is 10.4. The highest BCUT2D eigenvalue weighted by atomic mass is 28.3. The second-order valence-corrected chi connectivity index (χ2v) is 7.67. The van der Waals surface area contributed by atoms with Gasteiger partial charge in [0.05, 0.1) is 11.8 Å². The number of hydrogen-bond acceptors (Lipinski definition) is 3. The quantitative estimate of drug-likeness (QED) is 0.143. The van der Waals surface area contributed by atoms with Gasteiger partial charge in [-0.05, 0) is 18.5 Å². The van der Waals surface area contributed by atoms with E-state index >= 15 is 0 Å². The van der Waals surface area contributed by atoms with Crippen LogP contribution in [0.5, 0.6) is 0 Å². The fourth-order valence-electron chi connectivity index (χ4n) is 1.20. The van der Waals surface area contributed by atoms with Crippen molar-refractivity contribution in [3.8, 4) is 0 Å². The van der Waals surface area contributed by atoms with Crippen LogP contribution in [-0.4, -0.2) is 32.1 Å². The standard InChI is InChI=1S/C13H22N2O3Si/c1-7-8-17-12(16)11(15-14)10(13(2,3)4)9-18-19(5)6/h7,9,19H,1,8H2,2-6H3. The van der Waals surface area contributed by atoms with E-state index < -0.39 is 20.4 Å². The van der Waals surface area contributed by atoms with Crippen molar-refractivity contribution in [1.82, 2.24) is 0 Å². The normalized spacial score (nSPS) is 11.8. The SMILES string of the molecule is C=CCOC(=O)C(=[N+]=[N-])C(=CO[SiH](C)C)C(C)(C)C. The van der Waals surface area contributed by atoms with E-state index in [1.807, 2.05) is 33.9 Å². The first kappa shape index (κ1) is 17.3. The molecule has 0 aliphatic heterocycles. The molecule has 0 saturated carbocycles. The number of hydrogen-bond donors (Lipinski definition) is 0. The van der Waals surface area contributed by atoms with Crippen molar-refractivity contribution in [2.45, 2.75) is 33.9 Å². The Hall–Kier alpha value is -1.65. The Morgan fingerprint density at radius 1 is 1.42 bits per heavy atom. The molecule has 0 aromatic rings. The fourth-order valence-corrected chi connectivity index (χ4v) is 1.61. The first-order chi connectivity index (χ1) is 8.73. The van der Waals surface area contributed by atoms with E-state index in [4.69, 9.17) is 14.7 Å². The van der Waals surface area contributed by atoms with Gasteiger partial charge in [-0.2, -0.15) is 4.79 Å². The molecule has 0 aromatic heterocycles. The predicted molar refractivity (Wildman–Crippen MR) is 77.3 cm³/mol. The summed E-state index contributed by atoms with van der Waals surface area (Å²) in [5.74, 6) is -0.697. The van der Waals surface area contributed by atoms with E-state index in [1.54, 1.807) is 0 Å². The highest BCUT2D eigenvalue weighted by molar-refractivity contribution is 6.48. The number of esters is 1. The zero-order chi connectivity index (χ0) is 15.1. The van der Waals surface area contributed by atoms with E-state index in [0.29, 0.717) is 5.57 Å². The predicted octanol–water partition coefficient (Wildman–Crippen LogP) is 2.32. The molecule has 0 bridgehead atoms. The lowest BCUT2D eigenvalue weighted by atomic mass is 9.84. The summed E-state index contributed by atoms with van der Waals surface area (Å²) >= 11 is 0. The molecule has 0 rings (SSSR count). The molecule has 106 valence electrons. The molecule has 0 aromatic carbocycles. The molecule has 0 atom stereocenters. The van der Waals surface area contributed by atoms with Gasteiger partial charge in [-0.15, -0.1) is 0 Å². The van der Waals surface area contributed by atoms with Crippen molar-refractivity contribution in [2.75, 3.05) is 6.61 Å². The molecule has 0 saturated heterocycles. The van der Waals surface area contributed by atoms with Crippen LogP contribution in [0.1, 0.15) is 20.8 Å². The van der Waals surface area contributed by atoms with Gasteiger partial charge >= 0.3 is 11.7 Å². The van der Waals surface area contributed by atoms with Crippen molar-refractivity contribution >= 4 is 20.7 Å². The molecule has 0 aliphatic rings. The molecular weight excluding hydrogens is 260 g/mol. The van der Waals surface area contributed by atoms with Gasteiger partial charge in [0.2, 0.25) is 9.04 Å². The monoisotopic (exact) mass is 282 g/mol. The van der Waals surface area contributed by atoms with Crippen LogP contribution < -0.4 is 0 Å². The molecule has 0 fully saturated rings. The smallest absolute Gasteiger partial charge is 0.422 e. The molecule has 0 radical (unpaired) electrons. The Balaban J connectivity index is 5.34. The molecule has 0 spiro atoms. The average Bonchev–Trinajstić information content (AvgIpc) is 2.29. The fraction of sp³-hybridized carbons (Fsp3) is 0.538. The Kier molecular flexibility index (Phi) is 7.04. The molecule has 0 N–H and O–H groups in total. The maximum absolute atomic E-state index is 11.8. The number of nitrogens with zero attached hydrogens (tertiary/aromatic N) is 2. The summed E-state index contributed by atoms with van der Waals surface area (Å²) in [6.45, 7) is 13.2. The minimum atomic E-state index is -1.29. The lowest BCUT2D eigenvalue weighted by Crippen LogP contribution is -2.28. The first-order valence-electron chi connectivity index (χ1n) is 6.10. The van der Waals surface area contributed by atoms with Crippen LogP contribution in [0, 0.1) is 5.41 Å². The molecule has 0 aliphatic carbocycles. The number of rotatable bonds is 6. The number of carbonyl (C=O) groups excluding carboxylic acids is 1.